The average molecular weight is 499 g/mol. The molecule has 1 unspecified atom stereocenters. The molecule has 0 aliphatic carbocycles. The van der Waals surface area contributed by atoms with E-state index >= 15 is 0 Å². The molecule has 3 rings (SSSR count). The molecule has 0 radical (unpaired) electrons. The van der Waals surface area contributed by atoms with Crippen LogP contribution in [-0.2, 0) is 24.4 Å². The lowest BCUT2D eigenvalue weighted by atomic mass is 10.2. The number of hydrogen-bond donors (Lipinski definition) is 1. The third-order valence-electron chi connectivity index (χ3n) is 4.78. The van der Waals surface area contributed by atoms with Crippen LogP contribution in [0.3, 0.4) is 0 Å². The van der Waals surface area contributed by atoms with Crippen molar-refractivity contribution in [1.82, 2.24) is 14.8 Å². The van der Waals surface area contributed by atoms with E-state index in [1.807, 2.05) is 31.2 Å². The van der Waals surface area contributed by atoms with E-state index in [1.54, 1.807) is 11.6 Å². The molecule has 11 heteroatoms. The first-order valence-electron chi connectivity index (χ1n) is 10.0. The summed E-state index contributed by atoms with van der Waals surface area (Å²) in [5, 5.41) is 11.1. The van der Waals surface area contributed by atoms with E-state index in [2.05, 4.69) is 22.4 Å². The Balaban J connectivity index is 1.60. The number of amides is 1. The monoisotopic (exact) mass is 498 g/mol. The van der Waals surface area contributed by atoms with E-state index in [-0.39, 0.29) is 22.6 Å². The van der Waals surface area contributed by atoms with Crippen molar-refractivity contribution in [3.63, 3.8) is 0 Å². The highest BCUT2D eigenvalue weighted by Gasteiger charge is 2.31. The van der Waals surface area contributed by atoms with Crippen molar-refractivity contribution in [1.29, 1.82) is 0 Å². The van der Waals surface area contributed by atoms with Gasteiger partial charge < -0.3 is 14.6 Å². The summed E-state index contributed by atoms with van der Waals surface area (Å²) in [6, 6.07) is 10.5. The Bertz CT molecular complexity index is 1120. The number of halogens is 4. The Kier molecular flexibility index (Phi) is 7.91. The Morgan fingerprint density at radius 1 is 1.21 bits per heavy atom. The summed E-state index contributed by atoms with van der Waals surface area (Å²) in [5.41, 5.74) is 0.204. The molecule has 1 amide bonds. The SMILES string of the molecule is CCc1ccc(OC(C)c2nnc(SCC(=O)Nc3cc(C(F)(F)F)ccc3Cl)n2C)cc1. The topological polar surface area (TPSA) is 69.0 Å². The highest BCUT2D eigenvalue weighted by molar-refractivity contribution is 7.99. The van der Waals surface area contributed by atoms with Crippen LogP contribution in [0.25, 0.3) is 0 Å². The molecule has 176 valence electrons. The van der Waals surface area contributed by atoms with Crippen molar-refractivity contribution < 1.29 is 22.7 Å². The number of aromatic nitrogens is 3. The van der Waals surface area contributed by atoms with Gasteiger partial charge in [-0.05, 0) is 49.2 Å². The van der Waals surface area contributed by atoms with Crippen LogP contribution >= 0.6 is 23.4 Å². The van der Waals surface area contributed by atoms with Gasteiger partial charge in [0.15, 0.2) is 17.1 Å². The summed E-state index contributed by atoms with van der Waals surface area (Å²) in [5.74, 6) is 0.658. The smallest absolute Gasteiger partial charge is 0.416 e. The van der Waals surface area contributed by atoms with Crippen LogP contribution in [0.4, 0.5) is 18.9 Å². The molecule has 1 heterocycles. The number of aryl methyl sites for hydroxylation is 1. The molecule has 0 bridgehead atoms. The maximum absolute atomic E-state index is 12.9. The number of nitrogens with zero attached hydrogens (tertiary/aromatic N) is 3. The van der Waals surface area contributed by atoms with Gasteiger partial charge in [0.2, 0.25) is 5.91 Å². The number of carbonyl (C=O) groups is 1. The minimum Gasteiger partial charge on any atom is -0.483 e. The molecule has 33 heavy (non-hydrogen) atoms. The Labute approximate surface area is 198 Å². The Morgan fingerprint density at radius 3 is 2.55 bits per heavy atom. The molecule has 0 spiro atoms. The van der Waals surface area contributed by atoms with Crippen LogP contribution < -0.4 is 10.1 Å². The lowest BCUT2D eigenvalue weighted by Gasteiger charge is -2.14. The molecule has 2 aromatic carbocycles. The summed E-state index contributed by atoms with van der Waals surface area (Å²) in [6.45, 7) is 3.92. The summed E-state index contributed by atoms with van der Waals surface area (Å²) in [6.07, 6.45) is -3.99. The molecular weight excluding hydrogens is 477 g/mol. The Morgan fingerprint density at radius 2 is 1.91 bits per heavy atom. The highest BCUT2D eigenvalue weighted by Crippen LogP contribution is 2.34. The highest BCUT2D eigenvalue weighted by atomic mass is 35.5. The Hall–Kier alpha value is -2.72. The van der Waals surface area contributed by atoms with Gasteiger partial charge in [-0.3, -0.25) is 4.79 Å². The minimum atomic E-state index is -4.54. The van der Waals surface area contributed by atoms with Gasteiger partial charge in [0, 0.05) is 7.05 Å². The quantitative estimate of drug-likeness (QED) is 0.390. The van der Waals surface area contributed by atoms with E-state index in [1.165, 1.54) is 5.56 Å². The second-order valence-electron chi connectivity index (χ2n) is 7.19. The van der Waals surface area contributed by atoms with E-state index in [0.717, 1.165) is 36.4 Å². The van der Waals surface area contributed by atoms with Crippen LogP contribution in [0.15, 0.2) is 47.6 Å². The normalized spacial score (nSPS) is 12.5. The number of carbonyl (C=O) groups excluding carboxylic acids is 1. The zero-order valence-electron chi connectivity index (χ0n) is 18.1. The van der Waals surface area contributed by atoms with Crippen molar-refractivity contribution in [2.45, 2.75) is 37.7 Å². The largest absolute Gasteiger partial charge is 0.483 e. The zero-order valence-corrected chi connectivity index (χ0v) is 19.7. The molecule has 6 nitrogen and oxygen atoms in total. The first-order valence-corrected chi connectivity index (χ1v) is 11.4. The number of alkyl halides is 3. The van der Waals surface area contributed by atoms with Gasteiger partial charge in [0.1, 0.15) is 5.75 Å². The fraction of sp³-hybridized carbons (Fsp3) is 0.318. The molecule has 0 fully saturated rings. The van der Waals surface area contributed by atoms with Crippen molar-refractivity contribution in [2.24, 2.45) is 7.05 Å². The van der Waals surface area contributed by atoms with Gasteiger partial charge in [0.05, 0.1) is 22.0 Å². The van der Waals surface area contributed by atoms with E-state index < -0.39 is 17.6 Å². The van der Waals surface area contributed by atoms with Gasteiger partial charge in [-0.15, -0.1) is 10.2 Å². The molecule has 0 saturated heterocycles. The summed E-state index contributed by atoms with van der Waals surface area (Å²) >= 11 is 7.02. The number of ether oxygens (including phenoxy) is 1. The van der Waals surface area contributed by atoms with Gasteiger partial charge >= 0.3 is 6.18 Å². The number of thioether (sulfide) groups is 1. The second kappa shape index (κ2) is 10.5. The van der Waals surface area contributed by atoms with Crippen LogP contribution in [0.5, 0.6) is 5.75 Å². The van der Waals surface area contributed by atoms with Gasteiger partial charge in [-0.25, -0.2) is 0 Å². The lowest BCUT2D eigenvalue weighted by molar-refractivity contribution is -0.137. The zero-order chi connectivity index (χ0) is 24.2. The maximum atomic E-state index is 12.9. The summed E-state index contributed by atoms with van der Waals surface area (Å²) in [4.78, 5) is 12.3. The maximum Gasteiger partial charge on any atom is 0.416 e. The summed E-state index contributed by atoms with van der Waals surface area (Å²) in [7, 11) is 1.75. The molecular formula is C22H22ClF3N4O2S. The van der Waals surface area contributed by atoms with Crippen molar-refractivity contribution in [3.8, 4) is 5.75 Å². The molecule has 1 atom stereocenters. The third kappa shape index (κ3) is 6.42. The minimum absolute atomic E-state index is 0.0141. The molecule has 3 aromatic rings. The number of benzene rings is 2. The van der Waals surface area contributed by atoms with Gasteiger partial charge in [0.25, 0.3) is 0 Å². The van der Waals surface area contributed by atoms with Crippen LogP contribution in [0, 0.1) is 0 Å². The van der Waals surface area contributed by atoms with Gasteiger partial charge in [-0.1, -0.05) is 42.4 Å². The third-order valence-corrected chi connectivity index (χ3v) is 6.13. The van der Waals surface area contributed by atoms with Gasteiger partial charge in [-0.2, -0.15) is 13.2 Å². The van der Waals surface area contributed by atoms with Crippen LogP contribution in [-0.4, -0.2) is 26.4 Å². The first-order chi connectivity index (χ1) is 15.6. The standard InChI is InChI=1S/C22H22ClF3N4O2S/c1-4-14-5-8-16(9-6-14)32-13(2)20-28-29-21(30(20)3)33-12-19(31)27-18-11-15(22(24,25)26)7-10-17(18)23/h5-11,13H,4,12H2,1-3H3,(H,27,31). The van der Waals surface area contributed by atoms with E-state index in [0.29, 0.717) is 16.7 Å². The fourth-order valence-corrected chi connectivity index (χ4v) is 3.86. The molecule has 0 aliphatic heterocycles. The fourth-order valence-electron chi connectivity index (χ4n) is 2.98. The second-order valence-corrected chi connectivity index (χ2v) is 8.54. The number of hydrogen-bond acceptors (Lipinski definition) is 5. The molecule has 1 aromatic heterocycles. The molecule has 0 aliphatic rings. The predicted octanol–water partition coefficient (Wildman–Crippen LogP) is 5.92. The van der Waals surface area contributed by atoms with Crippen molar-refractivity contribution in [3.05, 3.63) is 64.4 Å². The number of anilines is 1. The number of nitrogens with one attached hydrogen (secondary N) is 1. The van der Waals surface area contributed by atoms with Crippen LogP contribution in [0.2, 0.25) is 5.02 Å². The average Bonchev–Trinajstić information content (AvgIpc) is 3.14. The predicted molar refractivity (Wildman–Crippen MR) is 122 cm³/mol. The number of rotatable bonds is 8. The summed E-state index contributed by atoms with van der Waals surface area (Å²) < 4.78 is 46.3. The lowest BCUT2D eigenvalue weighted by Crippen LogP contribution is -2.16. The molecule has 0 saturated carbocycles. The van der Waals surface area contributed by atoms with E-state index in [4.69, 9.17) is 16.3 Å². The van der Waals surface area contributed by atoms with Crippen molar-refractivity contribution >= 4 is 35.0 Å². The van der Waals surface area contributed by atoms with E-state index in [9.17, 15) is 18.0 Å². The molecule has 1 N–H and O–H groups in total. The van der Waals surface area contributed by atoms with Crippen molar-refractivity contribution in [2.75, 3.05) is 11.1 Å². The first kappa shape index (κ1) is 24.9. The van der Waals surface area contributed by atoms with Crippen LogP contribution in [0.1, 0.15) is 36.9 Å².